The number of para-hydroxylation sites is 1. The first-order valence-corrected chi connectivity index (χ1v) is 14.7. The fourth-order valence-corrected chi connectivity index (χ4v) is 5.81. The van der Waals surface area contributed by atoms with Crippen LogP contribution in [0.5, 0.6) is 0 Å². The van der Waals surface area contributed by atoms with Crippen LogP contribution in [0.25, 0.3) is 0 Å². The number of carbonyl (C=O) groups excluding carboxylic acids is 1. The zero-order valence-corrected chi connectivity index (χ0v) is 22.7. The third-order valence-corrected chi connectivity index (χ3v) is 8.11. The SMILES string of the molecule is CS(=O)(=O)N(Cc1ccc(C(=O)NCCc2ccc(Cl)cc2)cc1)c1ccccc1Sc1ccccc1. The highest BCUT2D eigenvalue weighted by Gasteiger charge is 2.21. The van der Waals surface area contributed by atoms with Gasteiger partial charge in [-0.25, -0.2) is 8.42 Å². The van der Waals surface area contributed by atoms with Crippen molar-refractivity contribution in [3.63, 3.8) is 0 Å². The van der Waals surface area contributed by atoms with Crippen molar-refractivity contribution < 1.29 is 13.2 Å². The monoisotopic (exact) mass is 550 g/mol. The Balaban J connectivity index is 1.45. The molecule has 4 rings (SSSR count). The van der Waals surface area contributed by atoms with Crippen LogP contribution >= 0.6 is 23.4 Å². The summed E-state index contributed by atoms with van der Waals surface area (Å²) >= 11 is 7.43. The highest BCUT2D eigenvalue weighted by Crippen LogP contribution is 2.36. The molecule has 0 fully saturated rings. The van der Waals surface area contributed by atoms with Crippen LogP contribution in [0.15, 0.2) is 113 Å². The molecule has 0 saturated heterocycles. The lowest BCUT2D eigenvalue weighted by Gasteiger charge is -2.25. The minimum absolute atomic E-state index is 0.156. The molecule has 0 bridgehead atoms. The van der Waals surface area contributed by atoms with E-state index < -0.39 is 10.0 Å². The molecule has 0 aliphatic rings. The van der Waals surface area contributed by atoms with Gasteiger partial charge in [-0.2, -0.15) is 0 Å². The maximum atomic E-state index is 12.8. The third-order valence-electron chi connectivity index (χ3n) is 5.66. The zero-order valence-electron chi connectivity index (χ0n) is 20.3. The van der Waals surface area contributed by atoms with Gasteiger partial charge in [0.15, 0.2) is 0 Å². The van der Waals surface area contributed by atoms with Crippen molar-refractivity contribution in [2.45, 2.75) is 22.8 Å². The molecule has 1 N–H and O–H groups in total. The summed E-state index contributed by atoms with van der Waals surface area (Å²) in [5.41, 5.74) is 3.00. The number of carbonyl (C=O) groups is 1. The molecule has 0 atom stereocenters. The Hall–Kier alpha value is -3.26. The fraction of sp³-hybridized carbons (Fsp3) is 0.138. The smallest absolute Gasteiger partial charge is 0.251 e. The molecule has 190 valence electrons. The van der Waals surface area contributed by atoms with E-state index in [2.05, 4.69) is 5.32 Å². The van der Waals surface area contributed by atoms with Crippen LogP contribution in [0.4, 0.5) is 5.69 Å². The standard InChI is InChI=1S/C29H27ClN2O3S2/c1-37(34,35)32(27-9-5-6-10-28(27)36-26-7-3-2-4-8-26)21-23-11-15-24(16-12-23)29(33)31-20-19-22-13-17-25(30)18-14-22/h2-18H,19-21H2,1H3,(H,31,33). The van der Waals surface area contributed by atoms with Gasteiger partial charge in [0.25, 0.3) is 5.91 Å². The molecule has 0 aromatic heterocycles. The van der Waals surface area contributed by atoms with E-state index in [1.807, 2.05) is 78.9 Å². The molecule has 1 amide bonds. The largest absolute Gasteiger partial charge is 0.352 e. The van der Waals surface area contributed by atoms with Gasteiger partial charge < -0.3 is 5.32 Å². The van der Waals surface area contributed by atoms with Gasteiger partial charge in [0, 0.05) is 26.9 Å². The number of nitrogens with zero attached hydrogens (tertiary/aromatic N) is 1. The topological polar surface area (TPSA) is 66.5 Å². The van der Waals surface area contributed by atoms with Gasteiger partial charge in [0.2, 0.25) is 10.0 Å². The molecule has 0 aliphatic heterocycles. The summed E-state index contributed by atoms with van der Waals surface area (Å²) in [4.78, 5) is 14.4. The Morgan fingerprint density at radius 3 is 2.14 bits per heavy atom. The Morgan fingerprint density at radius 2 is 1.46 bits per heavy atom. The molecule has 0 unspecified atom stereocenters. The first-order valence-electron chi connectivity index (χ1n) is 11.7. The Bertz CT molecular complexity index is 1440. The first-order chi connectivity index (χ1) is 17.8. The predicted octanol–water partition coefficient (Wildman–Crippen LogP) is 6.43. The van der Waals surface area contributed by atoms with Gasteiger partial charge in [-0.3, -0.25) is 9.10 Å². The quantitative estimate of drug-likeness (QED) is 0.247. The van der Waals surface area contributed by atoms with Crippen molar-refractivity contribution in [3.05, 3.63) is 125 Å². The number of benzene rings is 4. The lowest BCUT2D eigenvalue weighted by atomic mass is 10.1. The molecule has 4 aromatic carbocycles. The molecule has 0 heterocycles. The Kier molecular flexibility index (Phi) is 8.92. The zero-order chi connectivity index (χ0) is 26.3. The Morgan fingerprint density at radius 1 is 0.838 bits per heavy atom. The summed E-state index contributed by atoms with van der Waals surface area (Å²) in [5.74, 6) is -0.176. The van der Waals surface area contributed by atoms with Gasteiger partial charge in [0.1, 0.15) is 0 Å². The molecule has 37 heavy (non-hydrogen) atoms. The molecule has 0 saturated carbocycles. The van der Waals surface area contributed by atoms with Gasteiger partial charge in [0.05, 0.1) is 18.5 Å². The van der Waals surface area contributed by atoms with E-state index in [1.165, 1.54) is 22.3 Å². The van der Waals surface area contributed by atoms with Gasteiger partial charge >= 0.3 is 0 Å². The lowest BCUT2D eigenvalue weighted by Crippen LogP contribution is -2.30. The van der Waals surface area contributed by atoms with Crippen LogP contribution in [0.3, 0.4) is 0 Å². The number of anilines is 1. The molecular weight excluding hydrogens is 524 g/mol. The maximum Gasteiger partial charge on any atom is 0.251 e. The van der Waals surface area contributed by atoms with Gasteiger partial charge in [-0.1, -0.05) is 78.0 Å². The van der Waals surface area contributed by atoms with Crippen molar-refractivity contribution in [2.24, 2.45) is 0 Å². The van der Waals surface area contributed by atoms with Crippen LogP contribution in [0.2, 0.25) is 5.02 Å². The van der Waals surface area contributed by atoms with Gasteiger partial charge in [-0.15, -0.1) is 0 Å². The average Bonchev–Trinajstić information content (AvgIpc) is 2.89. The van der Waals surface area contributed by atoms with E-state index in [4.69, 9.17) is 11.6 Å². The highest BCUT2D eigenvalue weighted by molar-refractivity contribution is 7.99. The molecule has 0 aliphatic carbocycles. The van der Waals surface area contributed by atoms with Crippen LogP contribution in [-0.2, 0) is 23.0 Å². The summed E-state index contributed by atoms with van der Waals surface area (Å²) < 4.78 is 27.0. The minimum Gasteiger partial charge on any atom is -0.352 e. The van der Waals surface area contributed by atoms with Crippen LogP contribution in [-0.4, -0.2) is 27.1 Å². The summed E-state index contributed by atoms with van der Waals surface area (Å²) in [6, 6.07) is 31.9. The second-order valence-electron chi connectivity index (χ2n) is 8.48. The molecular formula is C29H27ClN2O3S2. The summed E-state index contributed by atoms with van der Waals surface area (Å²) in [5, 5.41) is 3.60. The maximum absolute atomic E-state index is 12.8. The summed E-state index contributed by atoms with van der Waals surface area (Å²) in [7, 11) is -3.57. The van der Waals surface area contributed by atoms with Crippen molar-refractivity contribution in [2.75, 3.05) is 17.1 Å². The van der Waals surface area contributed by atoms with Crippen molar-refractivity contribution >= 4 is 45.0 Å². The van der Waals surface area contributed by atoms with E-state index in [0.717, 1.165) is 20.9 Å². The second-order valence-corrected chi connectivity index (χ2v) is 11.9. The number of hydrogen-bond acceptors (Lipinski definition) is 4. The second kappa shape index (κ2) is 12.3. The molecule has 8 heteroatoms. The molecule has 0 radical (unpaired) electrons. The van der Waals surface area contributed by atoms with E-state index in [9.17, 15) is 13.2 Å². The molecule has 4 aromatic rings. The fourth-order valence-electron chi connectivity index (χ4n) is 3.75. The van der Waals surface area contributed by atoms with E-state index in [1.54, 1.807) is 24.3 Å². The van der Waals surface area contributed by atoms with E-state index >= 15 is 0 Å². The van der Waals surface area contributed by atoms with Crippen molar-refractivity contribution in [1.29, 1.82) is 0 Å². The van der Waals surface area contributed by atoms with E-state index in [-0.39, 0.29) is 12.5 Å². The number of sulfonamides is 1. The summed E-state index contributed by atoms with van der Waals surface area (Å²) in [6.45, 7) is 0.656. The Labute approximate surface area is 227 Å². The predicted molar refractivity (Wildman–Crippen MR) is 152 cm³/mol. The minimum atomic E-state index is -3.57. The number of hydrogen-bond donors (Lipinski definition) is 1. The van der Waals surface area contributed by atoms with Crippen LogP contribution in [0, 0.1) is 0 Å². The number of rotatable bonds is 10. The lowest BCUT2D eigenvalue weighted by molar-refractivity contribution is 0.0954. The number of nitrogens with one attached hydrogen (secondary N) is 1. The van der Waals surface area contributed by atoms with Crippen molar-refractivity contribution in [3.8, 4) is 0 Å². The normalized spacial score (nSPS) is 11.2. The van der Waals surface area contributed by atoms with Crippen LogP contribution < -0.4 is 9.62 Å². The highest BCUT2D eigenvalue weighted by atomic mass is 35.5. The molecule has 5 nitrogen and oxygen atoms in total. The average molecular weight is 551 g/mol. The number of amides is 1. The van der Waals surface area contributed by atoms with Crippen LogP contribution in [0.1, 0.15) is 21.5 Å². The summed E-state index contributed by atoms with van der Waals surface area (Å²) in [6.07, 6.45) is 1.91. The van der Waals surface area contributed by atoms with E-state index in [0.29, 0.717) is 29.2 Å². The number of halogens is 1. The molecule has 0 spiro atoms. The van der Waals surface area contributed by atoms with Gasteiger partial charge in [-0.05, 0) is 66.1 Å². The third kappa shape index (κ3) is 7.61. The van der Waals surface area contributed by atoms with Crippen molar-refractivity contribution in [1.82, 2.24) is 5.32 Å². The first kappa shape index (κ1) is 26.8.